The number of carbonyl (C=O) groups is 1. The first-order valence-corrected chi connectivity index (χ1v) is 9.32. The summed E-state index contributed by atoms with van der Waals surface area (Å²) in [6.07, 6.45) is 1.41. The zero-order valence-electron chi connectivity index (χ0n) is 15.9. The Balaban J connectivity index is 1.41. The van der Waals surface area contributed by atoms with Gasteiger partial charge in [0.2, 0.25) is 5.91 Å². The molecule has 3 aromatic rings. The Kier molecular flexibility index (Phi) is 6.62. The van der Waals surface area contributed by atoms with Crippen molar-refractivity contribution in [1.82, 2.24) is 14.9 Å². The number of amides is 1. The molecule has 0 bridgehead atoms. The molecule has 0 radical (unpaired) electrons. The maximum absolute atomic E-state index is 10.9. The lowest BCUT2D eigenvalue weighted by Crippen LogP contribution is -2.38. The van der Waals surface area contributed by atoms with E-state index in [4.69, 9.17) is 10.5 Å². The largest absolute Gasteiger partial charge is 0.491 e. The van der Waals surface area contributed by atoms with E-state index in [0.29, 0.717) is 12.3 Å². The Labute approximate surface area is 164 Å². The molecule has 2 unspecified atom stereocenters. The minimum atomic E-state index is -0.632. The van der Waals surface area contributed by atoms with Gasteiger partial charge in [0.05, 0.1) is 23.8 Å². The van der Waals surface area contributed by atoms with E-state index in [1.807, 2.05) is 30.6 Å². The maximum atomic E-state index is 10.9. The molecule has 3 rings (SSSR count). The molecule has 0 aliphatic heterocycles. The van der Waals surface area contributed by atoms with Crippen LogP contribution in [0.1, 0.15) is 12.5 Å². The number of nitrogens with zero attached hydrogens (tertiary/aromatic N) is 2. The third-order valence-electron chi connectivity index (χ3n) is 4.44. The van der Waals surface area contributed by atoms with Crippen molar-refractivity contribution in [2.24, 2.45) is 5.73 Å². The van der Waals surface area contributed by atoms with Crippen molar-refractivity contribution in [2.45, 2.75) is 32.0 Å². The first kappa shape index (κ1) is 19.9. The number of para-hydroxylation sites is 2. The number of nitrogens with two attached hydrogens (primary N) is 1. The fraction of sp³-hybridized carbons (Fsp3) is 0.333. The second kappa shape index (κ2) is 9.34. The Morgan fingerprint density at radius 1 is 1.25 bits per heavy atom. The van der Waals surface area contributed by atoms with Crippen LogP contribution in [0.5, 0.6) is 5.75 Å². The van der Waals surface area contributed by atoms with Gasteiger partial charge in [0.25, 0.3) is 0 Å². The fourth-order valence-electron chi connectivity index (χ4n) is 3.01. The Hall–Kier alpha value is -2.90. The standard InChI is InChI=1S/C21H26N4O3/c1-15(12-25-14-24-19-4-2-3-5-20(19)25)23-11-17(26)13-28-18-8-6-16(7-9-18)10-21(22)27/h2-9,14-15,17,23,26H,10-13H2,1H3,(H2,22,27). The monoisotopic (exact) mass is 382 g/mol. The first-order chi connectivity index (χ1) is 13.5. The van der Waals surface area contributed by atoms with E-state index >= 15 is 0 Å². The van der Waals surface area contributed by atoms with E-state index in [9.17, 15) is 9.90 Å². The predicted molar refractivity (Wildman–Crippen MR) is 108 cm³/mol. The summed E-state index contributed by atoms with van der Waals surface area (Å²) in [4.78, 5) is 15.3. The lowest BCUT2D eigenvalue weighted by atomic mass is 10.1. The van der Waals surface area contributed by atoms with Crippen LogP contribution in [0.15, 0.2) is 54.9 Å². The highest BCUT2D eigenvalue weighted by molar-refractivity contribution is 5.76. The van der Waals surface area contributed by atoms with Crippen LogP contribution < -0.4 is 15.8 Å². The summed E-state index contributed by atoms with van der Waals surface area (Å²) in [5, 5.41) is 13.5. The molecule has 148 valence electrons. The van der Waals surface area contributed by atoms with Gasteiger partial charge in [0, 0.05) is 19.1 Å². The van der Waals surface area contributed by atoms with E-state index in [2.05, 4.69) is 21.8 Å². The number of benzene rings is 2. The molecule has 1 heterocycles. The molecule has 0 aliphatic rings. The zero-order chi connectivity index (χ0) is 19.9. The SMILES string of the molecule is CC(Cn1cnc2ccccc21)NCC(O)COc1ccc(CC(N)=O)cc1. The minimum absolute atomic E-state index is 0.167. The maximum Gasteiger partial charge on any atom is 0.221 e. The van der Waals surface area contributed by atoms with Gasteiger partial charge in [-0.2, -0.15) is 0 Å². The second-order valence-electron chi connectivity index (χ2n) is 6.95. The van der Waals surface area contributed by atoms with Crippen LogP contribution in [0, 0.1) is 0 Å². The van der Waals surface area contributed by atoms with Crippen molar-refractivity contribution in [1.29, 1.82) is 0 Å². The summed E-state index contributed by atoms with van der Waals surface area (Å²) >= 11 is 0. The number of nitrogens with one attached hydrogen (secondary N) is 1. The molecule has 4 N–H and O–H groups in total. The van der Waals surface area contributed by atoms with Crippen LogP contribution in [0.4, 0.5) is 0 Å². The molecular weight excluding hydrogens is 356 g/mol. The molecule has 7 heteroatoms. The van der Waals surface area contributed by atoms with Gasteiger partial charge < -0.3 is 25.5 Å². The highest BCUT2D eigenvalue weighted by Gasteiger charge is 2.10. The normalized spacial score (nSPS) is 13.4. The molecule has 0 saturated heterocycles. The van der Waals surface area contributed by atoms with Crippen molar-refractivity contribution >= 4 is 16.9 Å². The summed E-state index contributed by atoms with van der Waals surface area (Å²) in [5.74, 6) is 0.276. The molecule has 2 atom stereocenters. The average molecular weight is 382 g/mol. The number of fused-ring (bicyclic) bond motifs is 1. The van der Waals surface area contributed by atoms with Crippen LogP contribution in [0.2, 0.25) is 0 Å². The molecular formula is C21H26N4O3. The average Bonchev–Trinajstić information content (AvgIpc) is 3.08. The van der Waals surface area contributed by atoms with E-state index in [-0.39, 0.29) is 25.0 Å². The predicted octanol–water partition coefficient (Wildman–Crippen LogP) is 1.48. The van der Waals surface area contributed by atoms with Crippen LogP contribution >= 0.6 is 0 Å². The third-order valence-corrected chi connectivity index (χ3v) is 4.44. The summed E-state index contributed by atoms with van der Waals surface area (Å²) in [7, 11) is 0. The molecule has 1 amide bonds. The zero-order valence-corrected chi connectivity index (χ0v) is 15.9. The number of hydrogen-bond donors (Lipinski definition) is 3. The van der Waals surface area contributed by atoms with Gasteiger partial charge >= 0.3 is 0 Å². The number of carbonyl (C=O) groups excluding carboxylic acids is 1. The van der Waals surface area contributed by atoms with E-state index in [0.717, 1.165) is 23.1 Å². The van der Waals surface area contributed by atoms with Crippen molar-refractivity contribution in [3.8, 4) is 5.75 Å². The fourth-order valence-corrected chi connectivity index (χ4v) is 3.01. The van der Waals surface area contributed by atoms with Crippen LogP contribution in [0.25, 0.3) is 11.0 Å². The van der Waals surface area contributed by atoms with Gasteiger partial charge in [-0.25, -0.2) is 4.98 Å². The molecule has 28 heavy (non-hydrogen) atoms. The molecule has 2 aromatic carbocycles. The Bertz CT molecular complexity index is 907. The summed E-state index contributed by atoms with van der Waals surface area (Å²) < 4.78 is 7.70. The lowest BCUT2D eigenvalue weighted by molar-refractivity contribution is -0.117. The second-order valence-corrected chi connectivity index (χ2v) is 6.95. The third kappa shape index (κ3) is 5.55. The quantitative estimate of drug-likeness (QED) is 0.493. The lowest BCUT2D eigenvalue weighted by Gasteiger charge is -2.18. The number of aromatic nitrogens is 2. The van der Waals surface area contributed by atoms with E-state index in [1.54, 1.807) is 24.3 Å². The first-order valence-electron chi connectivity index (χ1n) is 9.32. The number of imidazole rings is 1. The summed E-state index contributed by atoms with van der Waals surface area (Å²) in [5.41, 5.74) is 8.08. The number of hydrogen-bond acceptors (Lipinski definition) is 5. The number of rotatable bonds is 10. The highest BCUT2D eigenvalue weighted by Crippen LogP contribution is 2.13. The molecule has 1 aromatic heterocycles. The number of aliphatic hydroxyl groups excluding tert-OH is 1. The van der Waals surface area contributed by atoms with Gasteiger partial charge in [-0.1, -0.05) is 24.3 Å². The van der Waals surface area contributed by atoms with Crippen molar-refractivity contribution in [3.05, 3.63) is 60.4 Å². The van der Waals surface area contributed by atoms with Crippen molar-refractivity contribution in [3.63, 3.8) is 0 Å². The molecule has 0 aliphatic carbocycles. The molecule has 0 saturated carbocycles. The number of primary amides is 1. The minimum Gasteiger partial charge on any atom is -0.491 e. The van der Waals surface area contributed by atoms with Crippen molar-refractivity contribution < 1.29 is 14.6 Å². The van der Waals surface area contributed by atoms with Crippen LogP contribution in [-0.2, 0) is 17.8 Å². The Morgan fingerprint density at radius 2 is 2.00 bits per heavy atom. The van der Waals surface area contributed by atoms with Crippen molar-refractivity contribution in [2.75, 3.05) is 13.2 Å². The molecule has 0 fully saturated rings. The van der Waals surface area contributed by atoms with E-state index < -0.39 is 6.10 Å². The highest BCUT2D eigenvalue weighted by atomic mass is 16.5. The van der Waals surface area contributed by atoms with E-state index in [1.165, 1.54) is 0 Å². The Morgan fingerprint density at radius 3 is 2.75 bits per heavy atom. The van der Waals surface area contributed by atoms with Gasteiger partial charge in [0.15, 0.2) is 0 Å². The van der Waals surface area contributed by atoms with Crippen LogP contribution in [0.3, 0.4) is 0 Å². The number of ether oxygens (including phenoxy) is 1. The molecule has 0 spiro atoms. The smallest absolute Gasteiger partial charge is 0.221 e. The van der Waals surface area contributed by atoms with Gasteiger partial charge in [-0.3, -0.25) is 4.79 Å². The topological polar surface area (TPSA) is 102 Å². The van der Waals surface area contributed by atoms with Gasteiger partial charge in [-0.15, -0.1) is 0 Å². The summed E-state index contributed by atoms with van der Waals surface area (Å²) in [6.45, 7) is 3.44. The van der Waals surface area contributed by atoms with Crippen LogP contribution in [-0.4, -0.2) is 45.9 Å². The van der Waals surface area contributed by atoms with Gasteiger partial charge in [0.1, 0.15) is 18.5 Å². The van der Waals surface area contributed by atoms with Gasteiger partial charge in [-0.05, 0) is 36.8 Å². The summed E-state index contributed by atoms with van der Waals surface area (Å²) in [6, 6.07) is 15.3. The molecule has 7 nitrogen and oxygen atoms in total. The number of aliphatic hydroxyl groups is 1.